The normalized spacial score (nSPS) is 26.3. The number of nitrogens with one attached hydrogen (secondary N) is 1. The van der Waals surface area contributed by atoms with Gasteiger partial charge in [0.1, 0.15) is 12.1 Å². The van der Waals surface area contributed by atoms with Gasteiger partial charge in [0.15, 0.2) is 12.4 Å². The first kappa shape index (κ1) is 24.7. The molecule has 0 saturated carbocycles. The van der Waals surface area contributed by atoms with Crippen LogP contribution in [-0.2, 0) is 39.9 Å². The summed E-state index contributed by atoms with van der Waals surface area (Å²) in [6.07, 6.45) is -2.98. The van der Waals surface area contributed by atoms with Crippen molar-refractivity contribution in [1.82, 2.24) is 5.32 Å². The number of hydrogen-bond donors (Lipinski definition) is 3. The minimum Gasteiger partial charge on any atom is -0.374 e. The predicted molar refractivity (Wildman–Crippen MR) is 105 cm³/mol. The molecule has 0 aromatic heterocycles. The summed E-state index contributed by atoms with van der Waals surface area (Å²) in [5.41, 5.74) is 0.855. The number of carbonyl (C=O) groups is 1. The molecule has 11 heteroatoms. The van der Waals surface area contributed by atoms with Crippen molar-refractivity contribution < 1.29 is 41.8 Å². The Labute approximate surface area is 176 Å². The highest BCUT2D eigenvalue weighted by molar-refractivity contribution is 7.86. The molecule has 1 aromatic rings. The van der Waals surface area contributed by atoms with E-state index >= 15 is 0 Å². The molecule has 0 unspecified atom stereocenters. The van der Waals surface area contributed by atoms with Crippen LogP contribution < -0.4 is 5.32 Å². The first-order valence-corrected chi connectivity index (χ1v) is 11.3. The minimum atomic E-state index is -4.12. The molecule has 0 radical (unpaired) electrons. The lowest BCUT2D eigenvalue weighted by atomic mass is 9.93. The summed E-state index contributed by atoms with van der Waals surface area (Å²) in [6.45, 7) is 3.16. The monoisotopic (exact) mass is 447 g/mol. The SMILES string of the molecule is CCCO[C@@H]1O[C@H](COCc2ccccc2)C(O)(O)[C@@H](OS(C)(=O)=O)[C@H]1NC(C)=O. The van der Waals surface area contributed by atoms with Gasteiger partial charge in [-0.3, -0.25) is 8.98 Å². The van der Waals surface area contributed by atoms with Crippen LogP contribution in [0.15, 0.2) is 30.3 Å². The molecule has 10 nitrogen and oxygen atoms in total. The zero-order valence-electron chi connectivity index (χ0n) is 17.2. The zero-order chi connectivity index (χ0) is 22.4. The Balaban J connectivity index is 2.24. The van der Waals surface area contributed by atoms with Gasteiger partial charge in [0, 0.05) is 13.5 Å². The van der Waals surface area contributed by atoms with Crippen molar-refractivity contribution in [2.24, 2.45) is 0 Å². The summed E-state index contributed by atoms with van der Waals surface area (Å²) in [6, 6.07) is 7.90. The van der Waals surface area contributed by atoms with Gasteiger partial charge in [-0.2, -0.15) is 8.42 Å². The number of aliphatic hydroxyl groups is 2. The molecule has 0 aliphatic carbocycles. The van der Waals surface area contributed by atoms with Crippen LogP contribution in [0.5, 0.6) is 0 Å². The van der Waals surface area contributed by atoms with E-state index in [1.54, 1.807) is 0 Å². The largest absolute Gasteiger partial charge is 0.374 e. The fourth-order valence-electron chi connectivity index (χ4n) is 3.03. The molecule has 1 heterocycles. The number of ether oxygens (including phenoxy) is 3. The van der Waals surface area contributed by atoms with Gasteiger partial charge >= 0.3 is 0 Å². The molecule has 30 heavy (non-hydrogen) atoms. The lowest BCUT2D eigenvalue weighted by Crippen LogP contribution is -2.72. The summed E-state index contributed by atoms with van der Waals surface area (Å²) in [5.74, 6) is -3.34. The van der Waals surface area contributed by atoms with E-state index in [0.29, 0.717) is 6.42 Å². The van der Waals surface area contributed by atoms with Gasteiger partial charge in [-0.15, -0.1) is 0 Å². The molecule has 1 saturated heterocycles. The van der Waals surface area contributed by atoms with Crippen LogP contribution in [0.2, 0.25) is 0 Å². The second-order valence-electron chi connectivity index (χ2n) is 7.09. The summed E-state index contributed by atoms with van der Waals surface area (Å²) >= 11 is 0. The van der Waals surface area contributed by atoms with Gasteiger partial charge in [-0.05, 0) is 12.0 Å². The standard InChI is InChI=1S/C19H29NO9S/c1-4-10-27-18-16(20-13(2)21)17(29-30(3,24)25)19(22,23)15(28-18)12-26-11-14-8-6-5-7-9-14/h5-9,15-18,22-23H,4,10-12H2,1-3H3,(H,20,21)/t15-,16-,17+,18-/m1/s1. The molecule has 1 aliphatic rings. The molecular formula is C19H29NO9S. The molecule has 3 N–H and O–H groups in total. The van der Waals surface area contributed by atoms with E-state index in [9.17, 15) is 23.4 Å². The second-order valence-corrected chi connectivity index (χ2v) is 8.70. The van der Waals surface area contributed by atoms with Crippen molar-refractivity contribution >= 4 is 16.0 Å². The molecular weight excluding hydrogens is 418 g/mol. The molecule has 0 spiro atoms. The number of benzene rings is 1. The number of rotatable bonds is 10. The van der Waals surface area contributed by atoms with Crippen LogP contribution in [0.1, 0.15) is 25.8 Å². The van der Waals surface area contributed by atoms with Crippen LogP contribution in [0.25, 0.3) is 0 Å². The van der Waals surface area contributed by atoms with Gasteiger partial charge < -0.3 is 29.7 Å². The Kier molecular flexibility index (Phi) is 8.73. The van der Waals surface area contributed by atoms with Crippen LogP contribution >= 0.6 is 0 Å². The molecule has 1 aromatic carbocycles. The van der Waals surface area contributed by atoms with E-state index in [-0.39, 0.29) is 19.8 Å². The highest BCUT2D eigenvalue weighted by atomic mass is 32.2. The topological polar surface area (TPSA) is 141 Å². The van der Waals surface area contributed by atoms with E-state index in [2.05, 4.69) is 5.32 Å². The molecule has 1 amide bonds. The minimum absolute atomic E-state index is 0.171. The summed E-state index contributed by atoms with van der Waals surface area (Å²) in [4.78, 5) is 11.6. The molecule has 4 atom stereocenters. The second kappa shape index (κ2) is 10.6. The maximum Gasteiger partial charge on any atom is 0.264 e. The quantitative estimate of drug-likeness (QED) is 0.331. The van der Waals surface area contributed by atoms with Gasteiger partial charge in [0.2, 0.25) is 11.7 Å². The molecule has 170 valence electrons. The van der Waals surface area contributed by atoms with Gasteiger partial charge in [-0.1, -0.05) is 37.3 Å². The third-order valence-electron chi connectivity index (χ3n) is 4.33. The average molecular weight is 448 g/mol. The fourth-order valence-corrected chi connectivity index (χ4v) is 3.67. The Morgan fingerprint density at radius 2 is 1.93 bits per heavy atom. The van der Waals surface area contributed by atoms with Crippen molar-refractivity contribution in [2.45, 2.75) is 57.2 Å². The van der Waals surface area contributed by atoms with E-state index in [0.717, 1.165) is 11.8 Å². The Hall–Kier alpha value is -1.60. The van der Waals surface area contributed by atoms with Crippen LogP contribution in [0.4, 0.5) is 0 Å². The summed E-state index contributed by atoms with van der Waals surface area (Å²) in [7, 11) is -4.12. The molecule has 1 aliphatic heterocycles. The number of carbonyl (C=O) groups excluding carboxylic acids is 1. The van der Waals surface area contributed by atoms with Crippen molar-refractivity contribution in [3.8, 4) is 0 Å². The van der Waals surface area contributed by atoms with E-state index in [1.807, 2.05) is 37.3 Å². The lowest BCUT2D eigenvalue weighted by Gasteiger charge is -2.47. The van der Waals surface area contributed by atoms with E-state index in [4.69, 9.17) is 18.4 Å². The van der Waals surface area contributed by atoms with Crippen molar-refractivity contribution in [3.05, 3.63) is 35.9 Å². The van der Waals surface area contributed by atoms with Crippen molar-refractivity contribution in [1.29, 1.82) is 0 Å². The number of hydrogen-bond acceptors (Lipinski definition) is 9. The van der Waals surface area contributed by atoms with E-state index < -0.39 is 46.4 Å². The lowest BCUT2D eigenvalue weighted by molar-refractivity contribution is -0.363. The highest BCUT2D eigenvalue weighted by Gasteiger charge is 2.58. The summed E-state index contributed by atoms with van der Waals surface area (Å²) in [5, 5.41) is 23.9. The maximum atomic E-state index is 11.8. The van der Waals surface area contributed by atoms with Gasteiger partial charge in [0.05, 0.1) is 19.5 Å². The van der Waals surface area contributed by atoms with Crippen molar-refractivity contribution in [2.75, 3.05) is 19.5 Å². The third-order valence-corrected chi connectivity index (χ3v) is 4.88. The fraction of sp³-hybridized carbons (Fsp3) is 0.632. The van der Waals surface area contributed by atoms with Gasteiger partial charge in [-0.25, -0.2) is 0 Å². The molecule has 1 fully saturated rings. The Morgan fingerprint density at radius 3 is 2.50 bits per heavy atom. The average Bonchev–Trinajstić information content (AvgIpc) is 2.65. The Bertz CT molecular complexity index is 784. The van der Waals surface area contributed by atoms with E-state index in [1.165, 1.54) is 6.92 Å². The Morgan fingerprint density at radius 1 is 1.27 bits per heavy atom. The van der Waals surface area contributed by atoms with Gasteiger partial charge in [0.25, 0.3) is 10.1 Å². The van der Waals surface area contributed by atoms with Crippen LogP contribution in [0.3, 0.4) is 0 Å². The molecule has 0 bridgehead atoms. The van der Waals surface area contributed by atoms with Crippen LogP contribution in [0, 0.1) is 0 Å². The smallest absolute Gasteiger partial charge is 0.264 e. The summed E-state index contributed by atoms with van der Waals surface area (Å²) < 4.78 is 45.3. The van der Waals surface area contributed by atoms with Crippen LogP contribution in [-0.4, -0.2) is 74.3 Å². The molecule has 2 rings (SSSR count). The third kappa shape index (κ3) is 6.98. The van der Waals surface area contributed by atoms with Crippen molar-refractivity contribution in [3.63, 3.8) is 0 Å². The zero-order valence-corrected chi connectivity index (χ0v) is 18.0. The maximum absolute atomic E-state index is 11.8. The number of amides is 1. The first-order valence-electron chi connectivity index (χ1n) is 9.53. The highest BCUT2D eigenvalue weighted by Crippen LogP contribution is 2.32. The predicted octanol–water partition coefficient (Wildman–Crippen LogP) is -0.115. The first-order chi connectivity index (χ1) is 14.0.